The average molecular weight is 601 g/mol. The van der Waals surface area contributed by atoms with Crippen LogP contribution in [0.1, 0.15) is 62.1 Å². The van der Waals surface area contributed by atoms with Gasteiger partial charge in [0.1, 0.15) is 20.4 Å². The van der Waals surface area contributed by atoms with E-state index in [9.17, 15) is 39.2 Å². The maximum Gasteiger partial charge on any atom is 0.426 e. The van der Waals surface area contributed by atoms with E-state index in [0.717, 1.165) is 12.1 Å². The minimum Gasteiger partial charge on any atom is -0.299 e. The van der Waals surface area contributed by atoms with Crippen molar-refractivity contribution in [2.75, 3.05) is 11.5 Å². The molecule has 4 atom stereocenters. The largest absolute Gasteiger partial charge is 0.426 e. The Bertz CT molecular complexity index is 1500. The summed E-state index contributed by atoms with van der Waals surface area (Å²) in [7, 11) is -7.21. The van der Waals surface area contributed by atoms with Crippen LogP contribution in [0.5, 0.6) is 0 Å². The third-order valence-corrected chi connectivity index (χ3v) is 13.7. The van der Waals surface area contributed by atoms with Crippen molar-refractivity contribution < 1.29 is 39.2 Å². The first-order chi connectivity index (χ1) is 18.6. The Morgan fingerprint density at radius 1 is 0.975 bits per heavy atom. The summed E-state index contributed by atoms with van der Waals surface area (Å²) in [6.07, 6.45) is -3.27. The van der Waals surface area contributed by atoms with E-state index < -0.39 is 47.7 Å². The maximum atomic E-state index is 14.9. The van der Waals surface area contributed by atoms with Gasteiger partial charge in [0, 0.05) is 12.3 Å². The van der Waals surface area contributed by atoms with E-state index in [0.29, 0.717) is 30.9 Å². The number of carbonyl (C=O) groups excluding carboxylic acids is 1. The summed E-state index contributed by atoms with van der Waals surface area (Å²) < 4.78 is 106. The van der Waals surface area contributed by atoms with Crippen LogP contribution >= 0.6 is 0 Å². The number of ketones is 1. The van der Waals surface area contributed by atoms with Gasteiger partial charge in [-0.3, -0.25) is 4.79 Å². The molecule has 0 amide bonds. The number of carbonyl (C=O) groups is 1. The number of hydrogen-bond acceptors (Lipinski definition) is 5. The van der Waals surface area contributed by atoms with Crippen molar-refractivity contribution in [3.63, 3.8) is 0 Å². The van der Waals surface area contributed by atoms with Crippen molar-refractivity contribution in [2.45, 2.75) is 73.4 Å². The first kappa shape index (κ1) is 29.2. The third-order valence-electron chi connectivity index (χ3n) is 9.42. The summed E-state index contributed by atoms with van der Waals surface area (Å²) in [5, 5.41) is 0. The predicted molar refractivity (Wildman–Crippen MR) is 142 cm³/mol. The average Bonchev–Trinajstić information content (AvgIpc) is 3.28. The van der Waals surface area contributed by atoms with E-state index >= 15 is 0 Å². The van der Waals surface area contributed by atoms with Gasteiger partial charge in [-0.1, -0.05) is 36.4 Å². The van der Waals surface area contributed by atoms with E-state index in [4.69, 9.17) is 0 Å². The van der Waals surface area contributed by atoms with Gasteiger partial charge in [0.15, 0.2) is 9.84 Å². The van der Waals surface area contributed by atoms with Crippen molar-refractivity contribution in [1.82, 2.24) is 0 Å². The Kier molecular flexibility index (Phi) is 7.25. The Labute approximate surface area is 232 Å². The standard InChI is InChI=1S/C29H32F4O5S2/c1-27(30,29(31,32)33)22-8-10-25-20(17-22)7-9-24-21(18-26(34)19-12-15-39(35,36)16-13-19)11-14-28(24,25)40(37,38)23-5-3-2-4-6-23/h2-6,8,10,17,19,21,24H,7,9,11-16,18H2,1H3/t21-,24-,27?,28-/m0/s1. The van der Waals surface area contributed by atoms with Gasteiger partial charge in [0.25, 0.3) is 0 Å². The van der Waals surface area contributed by atoms with Crippen molar-refractivity contribution in [3.05, 3.63) is 65.2 Å². The normalized spacial score (nSPS) is 28.3. The topological polar surface area (TPSA) is 85.3 Å². The first-order valence-electron chi connectivity index (χ1n) is 13.5. The number of aryl methyl sites for hydroxylation is 1. The van der Waals surface area contributed by atoms with Crippen LogP contribution in [0, 0.1) is 17.8 Å². The summed E-state index contributed by atoms with van der Waals surface area (Å²) in [6.45, 7) is 0.463. The van der Waals surface area contributed by atoms with Crippen LogP contribution in [-0.4, -0.2) is 40.3 Å². The predicted octanol–water partition coefficient (Wildman–Crippen LogP) is 5.86. The Morgan fingerprint density at radius 3 is 2.25 bits per heavy atom. The fourth-order valence-electron chi connectivity index (χ4n) is 7.12. The maximum absolute atomic E-state index is 14.9. The number of Topliss-reactive ketones (excluding diaryl/α,β-unsaturated/α-hetero) is 1. The van der Waals surface area contributed by atoms with Crippen LogP contribution in [0.15, 0.2) is 53.4 Å². The molecule has 1 saturated heterocycles. The molecular formula is C29H32F4O5S2. The van der Waals surface area contributed by atoms with Crippen LogP contribution < -0.4 is 0 Å². The molecule has 5 rings (SSSR count). The second-order valence-electron chi connectivity index (χ2n) is 11.6. The smallest absolute Gasteiger partial charge is 0.299 e. The molecule has 2 fully saturated rings. The molecule has 1 unspecified atom stereocenters. The zero-order valence-corrected chi connectivity index (χ0v) is 23.7. The molecule has 2 aromatic rings. The lowest BCUT2D eigenvalue weighted by atomic mass is 9.71. The molecule has 0 N–H and O–H groups in total. The second kappa shape index (κ2) is 9.93. The highest BCUT2D eigenvalue weighted by Crippen LogP contribution is 2.60. The number of sulfone groups is 2. The number of hydrogen-bond donors (Lipinski definition) is 0. The fraction of sp³-hybridized carbons (Fsp3) is 0.552. The molecule has 11 heteroatoms. The highest BCUT2D eigenvalue weighted by molar-refractivity contribution is 7.92. The fourth-order valence-corrected chi connectivity index (χ4v) is 11.1. The molecule has 0 bridgehead atoms. The molecule has 0 radical (unpaired) electrons. The van der Waals surface area contributed by atoms with Gasteiger partial charge in [-0.2, -0.15) is 13.2 Å². The molecule has 5 nitrogen and oxygen atoms in total. The van der Waals surface area contributed by atoms with Crippen molar-refractivity contribution in [2.24, 2.45) is 17.8 Å². The van der Waals surface area contributed by atoms with Gasteiger partial charge >= 0.3 is 6.18 Å². The van der Waals surface area contributed by atoms with Crippen molar-refractivity contribution in [3.8, 4) is 0 Å². The van der Waals surface area contributed by atoms with Crippen LogP contribution in [-0.2, 0) is 41.3 Å². The van der Waals surface area contributed by atoms with Gasteiger partial charge in [-0.05, 0) is 86.1 Å². The number of halogens is 4. The van der Waals surface area contributed by atoms with E-state index in [1.54, 1.807) is 18.2 Å². The molecule has 0 spiro atoms. The number of benzene rings is 2. The van der Waals surface area contributed by atoms with Crippen LogP contribution in [0.2, 0.25) is 0 Å². The van der Waals surface area contributed by atoms with Gasteiger partial charge < -0.3 is 0 Å². The molecule has 0 aromatic heterocycles. The van der Waals surface area contributed by atoms with Gasteiger partial charge in [0.05, 0.1) is 16.4 Å². The molecule has 2 aliphatic carbocycles. The number of fused-ring (bicyclic) bond motifs is 3. The summed E-state index contributed by atoms with van der Waals surface area (Å²) in [5.74, 6) is -1.26. The Balaban J connectivity index is 1.55. The van der Waals surface area contributed by atoms with Crippen LogP contribution in [0.4, 0.5) is 17.6 Å². The SMILES string of the molecule is CC(F)(c1ccc2c(c1)CC[C@H]1[C@H](CC(=O)C3CCS(=O)(=O)CC3)CC[C@@]21S(=O)(=O)c1ccccc1)C(F)(F)F. The van der Waals surface area contributed by atoms with Crippen molar-refractivity contribution in [1.29, 1.82) is 0 Å². The lowest BCUT2D eigenvalue weighted by Crippen LogP contribution is -2.45. The van der Waals surface area contributed by atoms with E-state index in [1.165, 1.54) is 18.2 Å². The highest BCUT2D eigenvalue weighted by atomic mass is 32.2. The number of alkyl halides is 4. The minimum atomic E-state index is -5.14. The molecule has 1 saturated carbocycles. The number of rotatable bonds is 6. The molecule has 1 heterocycles. The second-order valence-corrected chi connectivity index (χ2v) is 16.1. The molecule has 218 valence electrons. The minimum absolute atomic E-state index is 0.0368. The molecule has 1 aliphatic heterocycles. The zero-order chi connectivity index (χ0) is 29.1. The molecule has 2 aromatic carbocycles. The van der Waals surface area contributed by atoms with Crippen LogP contribution in [0.25, 0.3) is 0 Å². The summed E-state index contributed by atoms with van der Waals surface area (Å²) in [6, 6.07) is 11.4. The third kappa shape index (κ3) is 4.70. The lowest BCUT2D eigenvalue weighted by Gasteiger charge is -2.43. The molecule has 40 heavy (non-hydrogen) atoms. The highest BCUT2D eigenvalue weighted by Gasteiger charge is 2.61. The summed E-state index contributed by atoms with van der Waals surface area (Å²) in [4.78, 5) is 13.4. The first-order valence-corrected chi connectivity index (χ1v) is 16.8. The quantitative estimate of drug-likeness (QED) is 0.388. The van der Waals surface area contributed by atoms with E-state index in [2.05, 4.69) is 0 Å². The van der Waals surface area contributed by atoms with Gasteiger partial charge in [-0.15, -0.1) is 0 Å². The zero-order valence-electron chi connectivity index (χ0n) is 22.1. The lowest BCUT2D eigenvalue weighted by molar-refractivity contribution is -0.228. The summed E-state index contributed by atoms with van der Waals surface area (Å²) in [5.41, 5.74) is -3.40. The van der Waals surface area contributed by atoms with Gasteiger partial charge in [0.2, 0.25) is 5.67 Å². The van der Waals surface area contributed by atoms with Gasteiger partial charge in [-0.25, -0.2) is 21.2 Å². The molecule has 3 aliphatic rings. The molecular weight excluding hydrogens is 568 g/mol. The Hall–Kier alpha value is -2.27. The van der Waals surface area contributed by atoms with E-state index in [-0.39, 0.29) is 66.1 Å². The summed E-state index contributed by atoms with van der Waals surface area (Å²) >= 11 is 0. The van der Waals surface area contributed by atoms with Crippen molar-refractivity contribution >= 4 is 25.5 Å². The monoisotopic (exact) mass is 600 g/mol. The van der Waals surface area contributed by atoms with E-state index in [1.807, 2.05) is 0 Å². The van der Waals surface area contributed by atoms with Crippen LogP contribution in [0.3, 0.4) is 0 Å². The Morgan fingerprint density at radius 2 is 1.62 bits per heavy atom.